The van der Waals surface area contributed by atoms with Crippen LogP contribution in [0.1, 0.15) is 28.8 Å². The molecule has 1 fully saturated rings. The van der Waals surface area contributed by atoms with Crippen LogP contribution in [0.3, 0.4) is 0 Å². The van der Waals surface area contributed by atoms with Crippen molar-refractivity contribution in [2.24, 2.45) is 0 Å². The van der Waals surface area contributed by atoms with Crippen molar-refractivity contribution in [1.29, 1.82) is 0 Å². The molecule has 0 atom stereocenters. The van der Waals surface area contributed by atoms with Gasteiger partial charge in [0.1, 0.15) is 11.5 Å². The molecular weight excluding hydrogens is 444 g/mol. The van der Waals surface area contributed by atoms with Crippen LogP contribution in [0, 0.1) is 6.92 Å². The van der Waals surface area contributed by atoms with Gasteiger partial charge in [0.05, 0.1) is 31.3 Å². The van der Waals surface area contributed by atoms with Crippen molar-refractivity contribution in [3.8, 4) is 11.5 Å². The lowest BCUT2D eigenvalue weighted by Crippen LogP contribution is -2.24. The molecule has 1 aliphatic rings. The van der Waals surface area contributed by atoms with Gasteiger partial charge in [-0.3, -0.25) is 4.79 Å². The number of hydrogen-bond donors (Lipinski definition) is 3. The van der Waals surface area contributed by atoms with E-state index >= 15 is 0 Å². The second-order valence-electron chi connectivity index (χ2n) is 8.39. The Morgan fingerprint density at radius 2 is 1.51 bits per heavy atom. The quantitative estimate of drug-likeness (QED) is 0.420. The lowest BCUT2D eigenvalue weighted by atomic mass is 10.1. The highest BCUT2D eigenvalue weighted by atomic mass is 16.5. The number of amides is 3. The van der Waals surface area contributed by atoms with E-state index in [2.05, 4.69) is 20.9 Å². The molecule has 1 aliphatic heterocycles. The summed E-state index contributed by atoms with van der Waals surface area (Å²) in [6, 6.07) is 17.7. The normalized spacial score (nSPS) is 12.7. The van der Waals surface area contributed by atoms with E-state index in [0.29, 0.717) is 34.1 Å². The van der Waals surface area contributed by atoms with Gasteiger partial charge in [-0.05, 0) is 62.2 Å². The highest BCUT2D eigenvalue weighted by molar-refractivity contribution is 6.06. The number of ether oxygens (including phenoxy) is 2. The summed E-state index contributed by atoms with van der Waals surface area (Å²) in [5.74, 6) is 0.898. The van der Waals surface area contributed by atoms with Crippen LogP contribution in [-0.2, 0) is 0 Å². The van der Waals surface area contributed by atoms with E-state index in [1.807, 2.05) is 31.2 Å². The number of carbonyl (C=O) groups is 2. The van der Waals surface area contributed by atoms with Gasteiger partial charge in [-0.2, -0.15) is 0 Å². The van der Waals surface area contributed by atoms with Crippen molar-refractivity contribution >= 4 is 34.7 Å². The number of nitrogens with zero attached hydrogens (tertiary/aromatic N) is 1. The number of methoxy groups -OCH3 is 2. The summed E-state index contributed by atoms with van der Waals surface area (Å²) in [5, 5.41) is 8.71. The molecule has 0 radical (unpaired) electrons. The van der Waals surface area contributed by atoms with Crippen LogP contribution in [0.25, 0.3) is 0 Å². The van der Waals surface area contributed by atoms with Gasteiger partial charge < -0.3 is 30.3 Å². The molecule has 3 aromatic carbocycles. The second-order valence-corrected chi connectivity index (χ2v) is 8.39. The maximum atomic E-state index is 13.0. The van der Waals surface area contributed by atoms with Gasteiger partial charge in [-0.1, -0.05) is 17.7 Å². The summed E-state index contributed by atoms with van der Waals surface area (Å²) < 4.78 is 10.6. The molecule has 1 saturated heterocycles. The maximum absolute atomic E-state index is 13.0. The topological polar surface area (TPSA) is 91.9 Å². The summed E-state index contributed by atoms with van der Waals surface area (Å²) in [4.78, 5) is 27.9. The molecule has 3 N–H and O–H groups in total. The van der Waals surface area contributed by atoms with Gasteiger partial charge in [-0.25, -0.2) is 4.79 Å². The Bertz CT molecular complexity index is 1200. The highest BCUT2D eigenvalue weighted by Crippen LogP contribution is 2.33. The predicted octanol–water partition coefficient (Wildman–Crippen LogP) is 5.51. The number of rotatable bonds is 7. The Morgan fingerprint density at radius 1 is 0.800 bits per heavy atom. The Labute approximate surface area is 205 Å². The molecule has 4 rings (SSSR count). The SMILES string of the molecule is COc1ccc(OC)c(NC(=O)Nc2cc(NC(=O)c3ccc(C)cc3)ccc2N2CCCC2)c1. The predicted molar refractivity (Wildman–Crippen MR) is 139 cm³/mol. The van der Waals surface area contributed by atoms with Crippen LogP contribution in [0.4, 0.5) is 27.5 Å². The molecule has 35 heavy (non-hydrogen) atoms. The van der Waals surface area contributed by atoms with Crippen LogP contribution in [-0.4, -0.2) is 39.2 Å². The van der Waals surface area contributed by atoms with E-state index in [-0.39, 0.29) is 5.91 Å². The number of urea groups is 1. The number of anilines is 4. The Hall–Kier alpha value is -4.20. The third kappa shape index (κ3) is 5.84. The van der Waals surface area contributed by atoms with E-state index in [1.165, 1.54) is 7.11 Å². The fourth-order valence-electron chi connectivity index (χ4n) is 4.04. The minimum absolute atomic E-state index is 0.213. The highest BCUT2D eigenvalue weighted by Gasteiger charge is 2.19. The minimum Gasteiger partial charge on any atom is -0.497 e. The van der Waals surface area contributed by atoms with Crippen molar-refractivity contribution in [3.63, 3.8) is 0 Å². The Kier molecular flexibility index (Phi) is 7.40. The van der Waals surface area contributed by atoms with Gasteiger partial charge in [0, 0.05) is 30.4 Å². The van der Waals surface area contributed by atoms with E-state index in [0.717, 1.165) is 37.2 Å². The zero-order valence-corrected chi connectivity index (χ0v) is 20.2. The molecular formula is C27H30N4O4. The smallest absolute Gasteiger partial charge is 0.323 e. The summed E-state index contributed by atoms with van der Waals surface area (Å²) in [6.45, 7) is 3.80. The summed E-state index contributed by atoms with van der Waals surface area (Å²) in [7, 11) is 3.10. The molecule has 0 saturated carbocycles. The fraction of sp³-hybridized carbons (Fsp3) is 0.259. The zero-order valence-electron chi connectivity index (χ0n) is 20.2. The molecule has 0 aromatic heterocycles. The number of nitrogens with one attached hydrogen (secondary N) is 3. The number of aryl methyl sites for hydroxylation is 1. The molecule has 3 aromatic rings. The molecule has 3 amide bonds. The zero-order chi connectivity index (χ0) is 24.8. The first-order valence-corrected chi connectivity index (χ1v) is 11.5. The first-order chi connectivity index (χ1) is 17.0. The van der Waals surface area contributed by atoms with Crippen molar-refractivity contribution in [2.75, 3.05) is 48.2 Å². The fourth-order valence-corrected chi connectivity index (χ4v) is 4.04. The van der Waals surface area contributed by atoms with Crippen LogP contribution >= 0.6 is 0 Å². The summed E-state index contributed by atoms with van der Waals surface area (Å²) in [5.41, 5.74) is 4.23. The van der Waals surface area contributed by atoms with Gasteiger partial charge in [-0.15, -0.1) is 0 Å². The van der Waals surface area contributed by atoms with Crippen LogP contribution in [0.5, 0.6) is 11.5 Å². The largest absolute Gasteiger partial charge is 0.497 e. The number of carbonyl (C=O) groups excluding carboxylic acids is 2. The number of benzene rings is 3. The average molecular weight is 475 g/mol. The van der Waals surface area contributed by atoms with E-state index in [9.17, 15) is 9.59 Å². The lowest BCUT2D eigenvalue weighted by Gasteiger charge is -2.23. The van der Waals surface area contributed by atoms with Crippen LogP contribution < -0.4 is 30.3 Å². The summed E-state index contributed by atoms with van der Waals surface area (Å²) >= 11 is 0. The monoisotopic (exact) mass is 474 g/mol. The number of hydrogen-bond acceptors (Lipinski definition) is 5. The third-order valence-electron chi connectivity index (χ3n) is 5.92. The van der Waals surface area contributed by atoms with Gasteiger partial charge in [0.15, 0.2) is 0 Å². The average Bonchev–Trinajstić information content (AvgIpc) is 3.39. The lowest BCUT2D eigenvalue weighted by molar-refractivity contribution is 0.102. The first kappa shape index (κ1) is 23.9. The second kappa shape index (κ2) is 10.8. The molecule has 0 aliphatic carbocycles. The minimum atomic E-state index is -0.431. The van der Waals surface area contributed by atoms with Crippen molar-refractivity contribution in [3.05, 3.63) is 71.8 Å². The molecule has 8 nitrogen and oxygen atoms in total. The van der Waals surface area contributed by atoms with Crippen LogP contribution in [0.2, 0.25) is 0 Å². The Morgan fingerprint density at radius 3 is 2.20 bits per heavy atom. The molecule has 0 spiro atoms. The molecule has 182 valence electrons. The van der Waals surface area contributed by atoms with Gasteiger partial charge >= 0.3 is 6.03 Å². The first-order valence-electron chi connectivity index (χ1n) is 11.5. The van der Waals surface area contributed by atoms with Gasteiger partial charge in [0.25, 0.3) is 5.91 Å². The van der Waals surface area contributed by atoms with Crippen molar-refractivity contribution in [2.45, 2.75) is 19.8 Å². The Balaban J connectivity index is 1.56. The van der Waals surface area contributed by atoms with Gasteiger partial charge in [0.2, 0.25) is 0 Å². The molecule has 0 unspecified atom stereocenters. The third-order valence-corrected chi connectivity index (χ3v) is 5.92. The van der Waals surface area contributed by atoms with E-state index in [1.54, 1.807) is 43.5 Å². The molecule has 8 heteroatoms. The van der Waals surface area contributed by atoms with Crippen LogP contribution in [0.15, 0.2) is 60.7 Å². The molecule has 1 heterocycles. The summed E-state index contributed by atoms with van der Waals surface area (Å²) in [6.07, 6.45) is 2.19. The molecule has 0 bridgehead atoms. The van der Waals surface area contributed by atoms with E-state index in [4.69, 9.17) is 9.47 Å². The standard InChI is InChI=1S/C27H30N4O4/c1-18-6-8-19(9-7-18)26(32)28-20-10-12-24(31-14-4-5-15-31)22(16-20)29-27(33)30-23-17-21(34-2)11-13-25(23)35-3/h6-13,16-17H,4-5,14-15H2,1-3H3,(H,28,32)(H2,29,30,33). The van der Waals surface area contributed by atoms with E-state index < -0.39 is 6.03 Å². The van der Waals surface area contributed by atoms with Crippen molar-refractivity contribution in [1.82, 2.24) is 0 Å². The maximum Gasteiger partial charge on any atom is 0.323 e. The van der Waals surface area contributed by atoms with Crippen molar-refractivity contribution < 1.29 is 19.1 Å².